The van der Waals surface area contributed by atoms with Crippen molar-refractivity contribution in [3.63, 3.8) is 0 Å². The lowest BCUT2D eigenvalue weighted by atomic mass is 9.84. The van der Waals surface area contributed by atoms with Crippen LogP contribution in [0.1, 0.15) is 75.4 Å². The predicted molar refractivity (Wildman–Crippen MR) is 95.7 cm³/mol. The van der Waals surface area contributed by atoms with Crippen LogP contribution in [-0.4, -0.2) is 40.9 Å². The average molecular weight is 382 g/mol. The van der Waals surface area contributed by atoms with Crippen molar-refractivity contribution in [1.29, 1.82) is 0 Å². The summed E-state index contributed by atoms with van der Waals surface area (Å²) in [5, 5.41) is 15.6. The summed E-state index contributed by atoms with van der Waals surface area (Å²) in [7, 11) is 1.32. The maximum atomic E-state index is 11.6. The molecule has 0 bridgehead atoms. The molecule has 1 atom stereocenters. The number of aromatic nitrogens is 2. The van der Waals surface area contributed by atoms with Crippen LogP contribution in [0.5, 0.6) is 0 Å². The van der Waals surface area contributed by atoms with Gasteiger partial charge < -0.3 is 9.26 Å². The highest BCUT2D eigenvalue weighted by atomic mass is 16.5. The smallest absolute Gasteiger partial charge is 0.319 e. The van der Waals surface area contributed by atoms with Crippen LogP contribution in [-0.2, 0) is 20.9 Å². The minimum absolute atomic E-state index is 0.0537. The number of rotatable bonds is 11. The van der Waals surface area contributed by atoms with Crippen molar-refractivity contribution >= 4 is 11.9 Å². The summed E-state index contributed by atoms with van der Waals surface area (Å²) in [6.07, 6.45) is 9.51. The zero-order valence-electron chi connectivity index (χ0n) is 15.9. The molecule has 1 aromatic rings. The van der Waals surface area contributed by atoms with Gasteiger partial charge in [0.05, 0.1) is 20.2 Å². The lowest BCUT2D eigenvalue weighted by Gasteiger charge is -2.22. The van der Waals surface area contributed by atoms with E-state index in [-0.39, 0.29) is 31.4 Å². The molecule has 2 rings (SSSR count). The summed E-state index contributed by atoms with van der Waals surface area (Å²) in [5.41, 5.74) is 1.67. The summed E-state index contributed by atoms with van der Waals surface area (Å²) < 4.78 is 9.87. The lowest BCUT2D eigenvalue weighted by molar-refractivity contribution is -0.139. The van der Waals surface area contributed by atoms with Gasteiger partial charge in [-0.2, -0.15) is 4.98 Å². The van der Waals surface area contributed by atoms with Crippen molar-refractivity contribution < 1.29 is 24.1 Å². The van der Waals surface area contributed by atoms with Gasteiger partial charge in [-0.25, -0.2) is 5.48 Å². The van der Waals surface area contributed by atoms with E-state index in [4.69, 9.17) is 9.73 Å². The van der Waals surface area contributed by atoms with Crippen LogP contribution in [0.3, 0.4) is 0 Å². The van der Waals surface area contributed by atoms with Gasteiger partial charge in [0.1, 0.15) is 0 Å². The monoisotopic (exact) mass is 382 g/mol. The number of hydrogen-bond acceptors (Lipinski definition) is 8. The van der Waals surface area contributed by atoms with E-state index in [1.807, 2.05) is 0 Å². The quantitative estimate of drug-likeness (QED) is 0.301. The van der Waals surface area contributed by atoms with Gasteiger partial charge in [-0.15, -0.1) is 0 Å². The van der Waals surface area contributed by atoms with Gasteiger partial charge in [-0.05, 0) is 12.3 Å². The largest absolute Gasteiger partial charge is 0.468 e. The molecule has 3 N–H and O–H groups in total. The Morgan fingerprint density at radius 2 is 2.11 bits per heavy atom. The van der Waals surface area contributed by atoms with Crippen LogP contribution in [0, 0.1) is 5.92 Å². The molecule has 0 aliphatic heterocycles. The molecule has 1 aliphatic carbocycles. The average Bonchev–Trinajstić information content (AvgIpc) is 3.16. The Morgan fingerprint density at radius 1 is 1.33 bits per heavy atom. The van der Waals surface area contributed by atoms with Gasteiger partial charge in [0, 0.05) is 12.3 Å². The number of amides is 1. The van der Waals surface area contributed by atoms with E-state index in [9.17, 15) is 9.59 Å². The van der Waals surface area contributed by atoms with Crippen molar-refractivity contribution in [2.75, 3.05) is 13.7 Å². The van der Waals surface area contributed by atoms with E-state index in [0.29, 0.717) is 11.7 Å². The Morgan fingerprint density at radius 3 is 2.81 bits per heavy atom. The van der Waals surface area contributed by atoms with Gasteiger partial charge in [-0.3, -0.25) is 20.1 Å². The minimum atomic E-state index is -0.471. The van der Waals surface area contributed by atoms with E-state index in [2.05, 4.69) is 20.2 Å². The Labute approximate surface area is 159 Å². The third kappa shape index (κ3) is 7.64. The number of hydrogen-bond donors (Lipinski definition) is 3. The fourth-order valence-electron chi connectivity index (χ4n) is 3.56. The van der Waals surface area contributed by atoms with E-state index in [1.165, 1.54) is 39.2 Å². The first kappa shape index (κ1) is 21.3. The summed E-state index contributed by atoms with van der Waals surface area (Å²) in [5.74, 6) is 0.488. The lowest BCUT2D eigenvalue weighted by Crippen LogP contribution is -2.24. The number of nitrogens with one attached hydrogen (secondary N) is 2. The molecule has 0 aromatic carbocycles. The van der Waals surface area contributed by atoms with Crippen LogP contribution in [0.4, 0.5) is 0 Å². The molecule has 1 unspecified atom stereocenters. The molecule has 1 heterocycles. The standard InChI is InChI=1S/C18H30N4O5/c1-26-17(24)12-19-11-15-20-18(27-22-15)14(10-16(23)21-25)9-5-8-13-6-3-2-4-7-13/h13-14,19,25H,2-12H2,1H3,(H,21,23). The number of esters is 1. The van der Waals surface area contributed by atoms with Crippen LogP contribution >= 0.6 is 0 Å². The van der Waals surface area contributed by atoms with E-state index >= 15 is 0 Å². The highest BCUT2D eigenvalue weighted by Crippen LogP contribution is 2.31. The Bertz CT molecular complexity index is 586. The second-order valence-electron chi connectivity index (χ2n) is 7.10. The molecular weight excluding hydrogens is 352 g/mol. The molecule has 1 aromatic heterocycles. The first-order chi connectivity index (χ1) is 13.1. The minimum Gasteiger partial charge on any atom is -0.468 e. The fourth-order valence-corrected chi connectivity index (χ4v) is 3.56. The first-order valence-corrected chi connectivity index (χ1v) is 9.65. The van der Waals surface area contributed by atoms with Gasteiger partial charge in [0.2, 0.25) is 11.8 Å². The number of ether oxygens (including phenoxy) is 1. The number of hydroxylamine groups is 1. The number of carbonyl (C=O) groups excluding carboxylic acids is 2. The van der Waals surface area contributed by atoms with Crippen molar-refractivity contribution in [3.05, 3.63) is 11.7 Å². The summed E-state index contributed by atoms with van der Waals surface area (Å²) >= 11 is 0. The van der Waals surface area contributed by atoms with Crippen molar-refractivity contribution in [3.8, 4) is 0 Å². The third-order valence-corrected chi connectivity index (χ3v) is 5.06. The van der Waals surface area contributed by atoms with Gasteiger partial charge >= 0.3 is 5.97 Å². The van der Waals surface area contributed by atoms with E-state index < -0.39 is 5.91 Å². The highest BCUT2D eigenvalue weighted by molar-refractivity contribution is 5.75. The summed E-state index contributed by atoms with van der Waals surface area (Å²) in [6, 6.07) is 0. The molecule has 152 valence electrons. The van der Waals surface area contributed by atoms with Crippen molar-refractivity contribution in [1.82, 2.24) is 20.9 Å². The maximum Gasteiger partial charge on any atom is 0.319 e. The number of methoxy groups -OCH3 is 1. The molecule has 9 heteroatoms. The van der Waals surface area contributed by atoms with Gasteiger partial charge in [0.15, 0.2) is 5.82 Å². The molecule has 0 radical (unpaired) electrons. The van der Waals surface area contributed by atoms with Crippen LogP contribution in [0.15, 0.2) is 4.52 Å². The maximum absolute atomic E-state index is 11.6. The van der Waals surface area contributed by atoms with Gasteiger partial charge in [0.25, 0.3) is 0 Å². The number of nitrogens with zero attached hydrogens (tertiary/aromatic N) is 2. The van der Waals surface area contributed by atoms with Crippen LogP contribution in [0.2, 0.25) is 0 Å². The van der Waals surface area contributed by atoms with Gasteiger partial charge in [-0.1, -0.05) is 50.1 Å². The van der Waals surface area contributed by atoms with Crippen LogP contribution < -0.4 is 10.8 Å². The molecule has 1 saturated carbocycles. The van der Waals surface area contributed by atoms with Crippen molar-refractivity contribution in [2.45, 2.75) is 70.3 Å². The topological polar surface area (TPSA) is 127 Å². The molecule has 0 saturated heterocycles. The second kappa shape index (κ2) is 11.7. The SMILES string of the molecule is COC(=O)CNCc1noc(C(CCCC2CCCCC2)CC(=O)NO)n1. The summed E-state index contributed by atoms with van der Waals surface area (Å²) in [4.78, 5) is 27.1. The van der Waals surface area contributed by atoms with Crippen LogP contribution in [0.25, 0.3) is 0 Å². The highest BCUT2D eigenvalue weighted by Gasteiger charge is 2.23. The summed E-state index contributed by atoms with van der Waals surface area (Å²) in [6.45, 7) is 0.317. The first-order valence-electron chi connectivity index (χ1n) is 9.65. The molecule has 1 amide bonds. The Balaban J connectivity index is 1.86. The molecule has 9 nitrogen and oxygen atoms in total. The molecular formula is C18H30N4O5. The second-order valence-corrected chi connectivity index (χ2v) is 7.10. The normalized spacial score (nSPS) is 16.1. The van der Waals surface area contributed by atoms with E-state index in [0.717, 1.165) is 25.2 Å². The Kier molecular flexibility index (Phi) is 9.20. The molecule has 1 fully saturated rings. The molecule has 27 heavy (non-hydrogen) atoms. The molecule has 1 aliphatic rings. The zero-order valence-corrected chi connectivity index (χ0v) is 15.9. The Hall–Kier alpha value is -2.00. The number of carbonyl (C=O) groups is 2. The third-order valence-electron chi connectivity index (χ3n) is 5.06. The van der Waals surface area contributed by atoms with E-state index in [1.54, 1.807) is 5.48 Å². The zero-order chi connectivity index (χ0) is 19.5. The molecule has 0 spiro atoms. The predicted octanol–water partition coefficient (Wildman–Crippen LogP) is 2.06. The van der Waals surface area contributed by atoms with Crippen molar-refractivity contribution in [2.24, 2.45) is 5.92 Å². The fraction of sp³-hybridized carbons (Fsp3) is 0.778.